The highest BCUT2D eigenvalue weighted by molar-refractivity contribution is 5.84. The summed E-state index contributed by atoms with van der Waals surface area (Å²) in [5, 5.41) is 14.0. The highest BCUT2D eigenvalue weighted by atomic mass is 16.5. The second kappa shape index (κ2) is 10.2. The van der Waals surface area contributed by atoms with E-state index >= 15 is 0 Å². The SMILES string of the molecule is COc1ccc(CC(=O)N[C@H](Cc2ccc(OC)c(OC)c2)C(=O)[O-])cc1OC. The van der Waals surface area contributed by atoms with Crippen LogP contribution in [0.1, 0.15) is 11.1 Å². The van der Waals surface area contributed by atoms with Crippen molar-refractivity contribution in [1.82, 2.24) is 5.32 Å². The molecule has 1 amide bonds. The zero-order valence-corrected chi connectivity index (χ0v) is 16.8. The molecule has 0 fully saturated rings. The van der Waals surface area contributed by atoms with Gasteiger partial charge in [-0.05, 0) is 41.8 Å². The van der Waals surface area contributed by atoms with Crippen molar-refractivity contribution in [2.24, 2.45) is 0 Å². The van der Waals surface area contributed by atoms with E-state index in [1.54, 1.807) is 36.4 Å². The number of amides is 1. The van der Waals surface area contributed by atoms with E-state index in [0.29, 0.717) is 34.1 Å². The van der Waals surface area contributed by atoms with E-state index < -0.39 is 17.9 Å². The van der Waals surface area contributed by atoms with Gasteiger partial charge in [-0.15, -0.1) is 0 Å². The van der Waals surface area contributed by atoms with Crippen molar-refractivity contribution < 1.29 is 33.6 Å². The molecule has 8 nitrogen and oxygen atoms in total. The summed E-state index contributed by atoms with van der Waals surface area (Å²) in [6.45, 7) is 0. The summed E-state index contributed by atoms with van der Waals surface area (Å²) in [6.07, 6.45) is 0.0242. The van der Waals surface area contributed by atoms with Crippen molar-refractivity contribution in [2.75, 3.05) is 28.4 Å². The lowest BCUT2D eigenvalue weighted by atomic mass is 10.0. The molecule has 0 saturated carbocycles. The molecule has 0 unspecified atom stereocenters. The van der Waals surface area contributed by atoms with Crippen LogP contribution in [-0.4, -0.2) is 46.4 Å². The van der Waals surface area contributed by atoms with Crippen LogP contribution in [0.25, 0.3) is 0 Å². The molecule has 0 radical (unpaired) electrons. The molecule has 1 atom stereocenters. The van der Waals surface area contributed by atoms with Crippen LogP contribution in [0, 0.1) is 0 Å². The summed E-state index contributed by atoms with van der Waals surface area (Å²) in [5.41, 5.74) is 1.31. The maximum Gasteiger partial charge on any atom is 0.224 e. The molecule has 2 rings (SSSR count). The lowest BCUT2D eigenvalue weighted by Crippen LogP contribution is -2.49. The third-order valence-electron chi connectivity index (χ3n) is 4.32. The summed E-state index contributed by atoms with van der Waals surface area (Å²) in [6, 6.07) is 8.91. The molecular weight excluding hydrogens is 378 g/mol. The first-order valence-corrected chi connectivity index (χ1v) is 8.83. The van der Waals surface area contributed by atoms with E-state index in [2.05, 4.69) is 5.32 Å². The molecule has 2 aromatic carbocycles. The number of carboxylic acids is 1. The van der Waals surface area contributed by atoms with Crippen molar-refractivity contribution in [3.63, 3.8) is 0 Å². The van der Waals surface area contributed by atoms with Crippen molar-refractivity contribution in [3.05, 3.63) is 47.5 Å². The van der Waals surface area contributed by atoms with Crippen LogP contribution < -0.4 is 29.4 Å². The number of benzene rings is 2. The number of rotatable bonds is 10. The van der Waals surface area contributed by atoms with Crippen molar-refractivity contribution in [3.8, 4) is 23.0 Å². The number of methoxy groups -OCH3 is 4. The zero-order valence-electron chi connectivity index (χ0n) is 16.8. The van der Waals surface area contributed by atoms with Gasteiger partial charge in [0.2, 0.25) is 5.91 Å². The normalized spacial score (nSPS) is 11.3. The van der Waals surface area contributed by atoms with E-state index in [9.17, 15) is 14.7 Å². The molecule has 0 aromatic heterocycles. The monoisotopic (exact) mass is 402 g/mol. The summed E-state index contributed by atoms with van der Waals surface area (Å²) in [5.74, 6) is 0.196. The molecule has 0 spiro atoms. The second-order valence-electron chi connectivity index (χ2n) is 6.20. The van der Waals surface area contributed by atoms with E-state index in [-0.39, 0.29) is 12.8 Å². The fourth-order valence-electron chi connectivity index (χ4n) is 2.86. The Morgan fingerprint density at radius 1 is 0.828 bits per heavy atom. The summed E-state index contributed by atoms with van der Waals surface area (Å²) < 4.78 is 20.8. The molecule has 29 heavy (non-hydrogen) atoms. The first-order chi connectivity index (χ1) is 13.9. The van der Waals surface area contributed by atoms with Crippen LogP contribution in [0.3, 0.4) is 0 Å². The van der Waals surface area contributed by atoms with E-state index in [0.717, 1.165) is 0 Å². The molecular formula is C21H24NO7-. The molecule has 0 bridgehead atoms. The Morgan fingerprint density at radius 3 is 1.79 bits per heavy atom. The Hall–Kier alpha value is -3.42. The lowest BCUT2D eigenvalue weighted by Gasteiger charge is -2.20. The second-order valence-corrected chi connectivity index (χ2v) is 6.20. The maximum atomic E-state index is 12.4. The van der Waals surface area contributed by atoms with E-state index in [1.165, 1.54) is 28.4 Å². The predicted octanol–water partition coefficient (Wildman–Crippen LogP) is 0.741. The van der Waals surface area contributed by atoms with Crippen molar-refractivity contribution in [2.45, 2.75) is 18.9 Å². The van der Waals surface area contributed by atoms with E-state index in [4.69, 9.17) is 18.9 Å². The average molecular weight is 402 g/mol. The summed E-state index contributed by atoms with van der Waals surface area (Å²) in [4.78, 5) is 23.9. The minimum absolute atomic E-state index is 0.0178. The van der Waals surface area contributed by atoms with Crippen LogP contribution in [0.2, 0.25) is 0 Å². The Balaban J connectivity index is 2.08. The Kier molecular flexibility index (Phi) is 7.70. The molecule has 0 aliphatic heterocycles. The van der Waals surface area contributed by atoms with Gasteiger partial charge >= 0.3 is 0 Å². The van der Waals surface area contributed by atoms with Crippen molar-refractivity contribution in [1.29, 1.82) is 0 Å². The van der Waals surface area contributed by atoms with Gasteiger partial charge in [-0.1, -0.05) is 12.1 Å². The lowest BCUT2D eigenvalue weighted by molar-refractivity contribution is -0.308. The molecule has 156 valence electrons. The average Bonchev–Trinajstić information content (AvgIpc) is 2.72. The van der Waals surface area contributed by atoms with Crippen LogP contribution in [0.4, 0.5) is 0 Å². The molecule has 2 aromatic rings. The number of carboxylic acid groups (broad SMARTS) is 1. The zero-order chi connectivity index (χ0) is 21.4. The smallest absolute Gasteiger partial charge is 0.224 e. The van der Waals surface area contributed by atoms with Gasteiger partial charge in [0.05, 0.1) is 46.9 Å². The molecule has 0 heterocycles. The van der Waals surface area contributed by atoms with Crippen LogP contribution >= 0.6 is 0 Å². The number of carbonyl (C=O) groups is 2. The Bertz CT molecular complexity index is 866. The highest BCUT2D eigenvalue weighted by Crippen LogP contribution is 2.29. The molecule has 1 N–H and O–H groups in total. The van der Waals surface area contributed by atoms with Gasteiger partial charge in [0, 0.05) is 0 Å². The fraction of sp³-hybridized carbons (Fsp3) is 0.333. The standard InChI is InChI=1S/C21H25NO7/c1-26-16-7-5-13(10-18(16)28-3)9-15(21(24)25)22-20(23)12-14-6-8-17(27-2)19(11-14)29-4/h5-8,10-11,15H,9,12H2,1-4H3,(H,22,23)(H,24,25)/p-1/t15-/m1/s1. The Labute approximate surface area is 169 Å². The maximum absolute atomic E-state index is 12.4. The third-order valence-corrected chi connectivity index (χ3v) is 4.32. The minimum Gasteiger partial charge on any atom is -0.548 e. The van der Waals surface area contributed by atoms with Crippen LogP contribution in [0.5, 0.6) is 23.0 Å². The quantitative estimate of drug-likeness (QED) is 0.625. The number of carbonyl (C=O) groups excluding carboxylic acids is 2. The van der Waals surface area contributed by atoms with Gasteiger partial charge in [-0.2, -0.15) is 0 Å². The number of nitrogens with one attached hydrogen (secondary N) is 1. The third kappa shape index (κ3) is 5.78. The first-order valence-electron chi connectivity index (χ1n) is 8.83. The summed E-state index contributed by atoms with van der Waals surface area (Å²) in [7, 11) is 6.01. The fourth-order valence-corrected chi connectivity index (χ4v) is 2.86. The topological polar surface area (TPSA) is 106 Å². The number of hydrogen-bond donors (Lipinski definition) is 1. The predicted molar refractivity (Wildman–Crippen MR) is 103 cm³/mol. The summed E-state index contributed by atoms with van der Waals surface area (Å²) >= 11 is 0. The van der Waals surface area contributed by atoms with Gasteiger partial charge < -0.3 is 34.2 Å². The van der Waals surface area contributed by atoms with Gasteiger partial charge in [0.25, 0.3) is 0 Å². The molecule has 0 aliphatic carbocycles. The number of ether oxygens (including phenoxy) is 4. The molecule has 8 heteroatoms. The number of aliphatic carboxylic acids is 1. The number of hydrogen-bond acceptors (Lipinski definition) is 7. The first kappa shape index (κ1) is 21.9. The largest absolute Gasteiger partial charge is 0.548 e. The highest BCUT2D eigenvalue weighted by Gasteiger charge is 2.17. The van der Waals surface area contributed by atoms with Gasteiger partial charge in [-0.25, -0.2) is 0 Å². The van der Waals surface area contributed by atoms with Crippen molar-refractivity contribution >= 4 is 11.9 Å². The molecule has 0 saturated heterocycles. The molecule has 0 aliphatic rings. The minimum atomic E-state index is -1.37. The van der Waals surface area contributed by atoms with Gasteiger partial charge in [0.15, 0.2) is 23.0 Å². The Morgan fingerprint density at radius 2 is 1.31 bits per heavy atom. The van der Waals surface area contributed by atoms with Gasteiger partial charge in [-0.3, -0.25) is 4.79 Å². The van der Waals surface area contributed by atoms with E-state index in [1.807, 2.05) is 0 Å². The van der Waals surface area contributed by atoms with Crippen LogP contribution in [-0.2, 0) is 22.4 Å². The van der Waals surface area contributed by atoms with Gasteiger partial charge in [0.1, 0.15) is 0 Å². The van der Waals surface area contributed by atoms with Crippen LogP contribution in [0.15, 0.2) is 36.4 Å².